The molecule has 2 fully saturated rings. The van der Waals surface area contributed by atoms with Gasteiger partial charge in [0.25, 0.3) is 0 Å². The number of benzene rings is 2. The number of rotatable bonds is 6. The van der Waals surface area contributed by atoms with E-state index in [-0.39, 0.29) is 17.4 Å². The Hall–Kier alpha value is -2.53. The van der Waals surface area contributed by atoms with E-state index in [1.807, 2.05) is 18.2 Å². The second-order valence-electron chi connectivity index (χ2n) is 9.39. The van der Waals surface area contributed by atoms with Crippen LogP contribution in [-0.2, 0) is 11.3 Å². The summed E-state index contributed by atoms with van der Waals surface area (Å²) in [5.41, 5.74) is 2.34. The van der Waals surface area contributed by atoms with Gasteiger partial charge in [0.2, 0.25) is 5.91 Å². The maximum Gasteiger partial charge on any atom is 0.220 e. The lowest BCUT2D eigenvalue weighted by Gasteiger charge is -2.47. The molecule has 5 heteroatoms. The molecule has 3 aliphatic rings. The first-order chi connectivity index (χ1) is 15.1. The Kier molecular flexibility index (Phi) is 5.61. The van der Waals surface area contributed by atoms with Gasteiger partial charge in [0.05, 0.1) is 7.11 Å². The summed E-state index contributed by atoms with van der Waals surface area (Å²) in [5.74, 6) is 2.29. The molecule has 2 aliphatic heterocycles. The van der Waals surface area contributed by atoms with Gasteiger partial charge in [0.15, 0.2) is 0 Å². The minimum atomic E-state index is -0.157. The van der Waals surface area contributed by atoms with Crippen LogP contribution in [0.2, 0.25) is 0 Å². The molecule has 1 amide bonds. The third-order valence-electron chi connectivity index (χ3n) is 7.01. The number of nitrogens with one attached hydrogen (secondary N) is 1. The first kappa shape index (κ1) is 20.4. The molecule has 1 spiro atoms. The zero-order valence-corrected chi connectivity index (χ0v) is 18.3. The van der Waals surface area contributed by atoms with Crippen LogP contribution in [0, 0.1) is 0 Å². The Labute approximate surface area is 184 Å². The first-order valence-electron chi connectivity index (χ1n) is 11.6. The number of carbonyl (C=O) groups is 1. The highest BCUT2D eigenvalue weighted by molar-refractivity contribution is 5.77. The Bertz CT molecular complexity index is 915. The van der Waals surface area contributed by atoms with Crippen molar-refractivity contribution in [3.05, 3.63) is 59.7 Å². The van der Waals surface area contributed by atoms with E-state index in [4.69, 9.17) is 9.47 Å². The number of para-hydroxylation sites is 1. The van der Waals surface area contributed by atoms with Gasteiger partial charge in [-0.05, 0) is 61.4 Å². The molecule has 0 unspecified atom stereocenters. The average molecular weight is 421 g/mol. The summed E-state index contributed by atoms with van der Waals surface area (Å²) in [6, 6.07) is 17.1. The SMILES string of the molecule is COc1ccc(CN2CCC3(CC2)C[C@@H](CC(=O)NC2CC2)c2ccccc2O3)cc1. The molecule has 2 heterocycles. The molecular formula is C26H32N2O3. The van der Waals surface area contributed by atoms with Crippen molar-refractivity contribution in [2.24, 2.45) is 0 Å². The van der Waals surface area contributed by atoms with Gasteiger partial charge in [-0.3, -0.25) is 9.69 Å². The zero-order valence-electron chi connectivity index (χ0n) is 18.3. The number of hydrogen-bond acceptors (Lipinski definition) is 4. The molecule has 5 rings (SSSR count). The summed E-state index contributed by atoms with van der Waals surface area (Å²) in [6.07, 6.45) is 5.75. The highest BCUT2D eigenvalue weighted by atomic mass is 16.5. The van der Waals surface area contributed by atoms with Gasteiger partial charge in [-0.2, -0.15) is 0 Å². The van der Waals surface area contributed by atoms with Gasteiger partial charge in [-0.1, -0.05) is 30.3 Å². The third kappa shape index (κ3) is 4.72. The molecule has 1 atom stereocenters. The van der Waals surface area contributed by atoms with Crippen molar-refractivity contribution in [3.63, 3.8) is 0 Å². The number of likely N-dealkylation sites (tertiary alicyclic amines) is 1. The quantitative estimate of drug-likeness (QED) is 0.759. The monoisotopic (exact) mass is 420 g/mol. The van der Waals surface area contributed by atoms with Crippen LogP contribution >= 0.6 is 0 Å². The van der Waals surface area contributed by atoms with Gasteiger partial charge in [-0.15, -0.1) is 0 Å². The molecule has 1 saturated heterocycles. The predicted octanol–water partition coefficient (Wildman–Crippen LogP) is 4.26. The molecular weight excluding hydrogens is 388 g/mol. The van der Waals surface area contributed by atoms with Crippen molar-refractivity contribution >= 4 is 5.91 Å². The lowest BCUT2D eigenvalue weighted by Crippen LogP contribution is -2.50. The van der Waals surface area contributed by atoms with Crippen LogP contribution in [0.1, 0.15) is 55.6 Å². The Morgan fingerprint density at radius 1 is 1.13 bits per heavy atom. The standard InChI is InChI=1S/C26H32N2O3/c1-30-22-10-6-19(7-11-22)18-28-14-12-26(13-15-28)17-20(16-25(29)27-21-8-9-21)23-4-2-3-5-24(23)31-26/h2-7,10-11,20-21H,8-9,12-18H2,1H3,(H,27,29)/t20-/m1/s1. The highest BCUT2D eigenvalue weighted by Gasteiger charge is 2.43. The molecule has 2 aromatic rings. The Balaban J connectivity index is 1.24. The van der Waals surface area contributed by atoms with E-state index in [2.05, 4.69) is 40.5 Å². The van der Waals surface area contributed by atoms with E-state index < -0.39 is 0 Å². The lowest BCUT2D eigenvalue weighted by molar-refractivity contribution is -0.122. The van der Waals surface area contributed by atoms with E-state index in [0.717, 1.165) is 63.2 Å². The average Bonchev–Trinajstić information content (AvgIpc) is 3.60. The van der Waals surface area contributed by atoms with Gasteiger partial charge in [-0.25, -0.2) is 0 Å². The van der Waals surface area contributed by atoms with Crippen molar-refractivity contribution in [1.82, 2.24) is 10.2 Å². The number of piperidine rings is 1. The largest absolute Gasteiger partial charge is 0.497 e. The Morgan fingerprint density at radius 3 is 2.58 bits per heavy atom. The minimum absolute atomic E-state index is 0.157. The van der Waals surface area contributed by atoms with Crippen LogP contribution in [0.5, 0.6) is 11.5 Å². The zero-order chi connectivity index (χ0) is 21.3. The summed E-state index contributed by atoms with van der Waals surface area (Å²) in [6.45, 7) is 2.97. The van der Waals surface area contributed by atoms with E-state index in [9.17, 15) is 4.79 Å². The number of amides is 1. The number of fused-ring (bicyclic) bond motifs is 1. The maximum absolute atomic E-state index is 12.6. The lowest BCUT2D eigenvalue weighted by atomic mass is 9.76. The topological polar surface area (TPSA) is 50.8 Å². The number of methoxy groups -OCH3 is 1. The molecule has 0 radical (unpaired) electrons. The molecule has 1 aliphatic carbocycles. The molecule has 1 N–H and O–H groups in total. The van der Waals surface area contributed by atoms with Crippen molar-refractivity contribution < 1.29 is 14.3 Å². The highest BCUT2D eigenvalue weighted by Crippen LogP contribution is 2.46. The number of nitrogens with zero attached hydrogens (tertiary/aromatic N) is 1. The van der Waals surface area contributed by atoms with Crippen molar-refractivity contribution in [3.8, 4) is 11.5 Å². The fourth-order valence-corrected chi connectivity index (χ4v) is 5.08. The van der Waals surface area contributed by atoms with Crippen LogP contribution in [0.4, 0.5) is 0 Å². The van der Waals surface area contributed by atoms with Gasteiger partial charge in [0, 0.05) is 38.0 Å². The van der Waals surface area contributed by atoms with Crippen LogP contribution in [0.15, 0.2) is 48.5 Å². The van der Waals surface area contributed by atoms with Crippen molar-refractivity contribution in [2.75, 3.05) is 20.2 Å². The van der Waals surface area contributed by atoms with E-state index >= 15 is 0 Å². The van der Waals surface area contributed by atoms with Gasteiger partial charge in [0.1, 0.15) is 17.1 Å². The van der Waals surface area contributed by atoms with Crippen LogP contribution in [0.3, 0.4) is 0 Å². The molecule has 164 valence electrons. The summed E-state index contributed by atoms with van der Waals surface area (Å²) in [4.78, 5) is 15.1. The number of ether oxygens (including phenoxy) is 2. The number of hydrogen-bond donors (Lipinski definition) is 1. The molecule has 5 nitrogen and oxygen atoms in total. The Morgan fingerprint density at radius 2 is 1.87 bits per heavy atom. The smallest absolute Gasteiger partial charge is 0.220 e. The van der Waals surface area contributed by atoms with Crippen molar-refractivity contribution in [2.45, 2.75) is 62.6 Å². The third-order valence-corrected chi connectivity index (χ3v) is 7.01. The maximum atomic E-state index is 12.6. The molecule has 31 heavy (non-hydrogen) atoms. The molecule has 0 aromatic heterocycles. The fraction of sp³-hybridized carbons (Fsp3) is 0.500. The van der Waals surface area contributed by atoms with Crippen LogP contribution in [0.25, 0.3) is 0 Å². The minimum Gasteiger partial charge on any atom is -0.497 e. The fourth-order valence-electron chi connectivity index (χ4n) is 5.08. The van der Waals surface area contributed by atoms with E-state index in [0.29, 0.717) is 12.5 Å². The van der Waals surface area contributed by atoms with Crippen molar-refractivity contribution in [1.29, 1.82) is 0 Å². The number of carbonyl (C=O) groups excluding carboxylic acids is 1. The van der Waals surface area contributed by atoms with Crippen LogP contribution < -0.4 is 14.8 Å². The van der Waals surface area contributed by atoms with E-state index in [1.54, 1.807) is 7.11 Å². The second kappa shape index (κ2) is 8.54. The normalized spacial score (nSPS) is 22.4. The second-order valence-corrected chi connectivity index (χ2v) is 9.39. The van der Waals surface area contributed by atoms with Gasteiger partial charge < -0.3 is 14.8 Å². The summed E-state index contributed by atoms with van der Waals surface area (Å²) < 4.78 is 11.9. The van der Waals surface area contributed by atoms with Crippen LogP contribution in [-0.4, -0.2) is 42.6 Å². The van der Waals surface area contributed by atoms with E-state index in [1.165, 1.54) is 11.1 Å². The summed E-state index contributed by atoms with van der Waals surface area (Å²) in [5, 5.41) is 3.17. The summed E-state index contributed by atoms with van der Waals surface area (Å²) in [7, 11) is 1.70. The first-order valence-corrected chi connectivity index (χ1v) is 11.6. The summed E-state index contributed by atoms with van der Waals surface area (Å²) >= 11 is 0. The molecule has 0 bridgehead atoms. The molecule has 2 aromatic carbocycles. The molecule has 1 saturated carbocycles. The predicted molar refractivity (Wildman–Crippen MR) is 120 cm³/mol. The van der Waals surface area contributed by atoms with Gasteiger partial charge >= 0.3 is 0 Å².